The summed E-state index contributed by atoms with van der Waals surface area (Å²) in [5.74, 6) is 0.410. The Bertz CT molecular complexity index is 441. The summed E-state index contributed by atoms with van der Waals surface area (Å²) in [4.78, 5) is 10.7. The SMILES string of the molecule is CC(=O)NCCCC1OCC(c2cccc(O)c2)CO1. The first-order valence-corrected chi connectivity index (χ1v) is 6.91. The third kappa shape index (κ3) is 4.51. The fourth-order valence-electron chi connectivity index (χ4n) is 2.21. The zero-order chi connectivity index (χ0) is 14.4. The highest BCUT2D eigenvalue weighted by atomic mass is 16.7. The lowest BCUT2D eigenvalue weighted by Gasteiger charge is -2.29. The Hall–Kier alpha value is -1.59. The monoisotopic (exact) mass is 279 g/mol. The Morgan fingerprint density at radius 2 is 2.15 bits per heavy atom. The summed E-state index contributed by atoms with van der Waals surface area (Å²) in [5.41, 5.74) is 1.03. The van der Waals surface area contributed by atoms with E-state index in [2.05, 4.69) is 5.32 Å². The minimum Gasteiger partial charge on any atom is -0.508 e. The van der Waals surface area contributed by atoms with Gasteiger partial charge in [-0.15, -0.1) is 0 Å². The summed E-state index contributed by atoms with van der Waals surface area (Å²) >= 11 is 0. The second-order valence-corrected chi connectivity index (χ2v) is 5.01. The number of benzene rings is 1. The molecule has 0 spiro atoms. The van der Waals surface area contributed by atoms with E-state index < -0.39 is 0 Å². The van der Waals surface area contributed by atoms with Gasteiger partial charge >= 0.3 is 0 Å². The molecule has 0 radical (unpaired) electrons. The van der Waals surface area contributed by atoms with Crippen LogP contribution >= 0.6 is 0 Å². The first kappa shape index (κ1) is 14.8. The maximum Gasteiger partial charge on any atom is 0.216 e. The van der Waals surface area contributed by atoms with Gasteiger partial charge in [-0.3, -0.25) is 4.79 Å². The average molecular weight is 279 g/mol. The Morgan fingerprint density at radius 3 is 2.80 bits per heavy atom. The van der Waals surface area contributed by atoms with Crippen LogP contribution in [-0.4, -0.2) is 37.1 Å². The van der Waals surface area contributed by atoms with Gasteiger partial charge in [-0.05, 0) is 24.1 Å². The molecule has 5 heteroatoms. The van der Waals surface area contributed by atoms with Gasteiger partial charge in [0.25, 0.3) is 0 Å². The van der Waals surface area contributed by atoms with Crippen molar-refractivity contribution in [2.24, 2.45) is 0 Å². The van der Waals surface area contributed by atoms with E-state index in [-0.39, 0.29) is 23.9 Å². The molecule has 0 unspecified atom stereocenters. The van der Waals surface area contributed by atoms with Crippen LogP contribution in [0, 0.1) is 0 Å². The Balaban J connectivity index is 1.71. The Labute approximate surface area is 118 Å². The number of ether oxygens (including phenoxy) is 2. The summed E-state index contributed by atoms with van der Waals surface area (Å²) in [7, 11) is 0. The van der Waals surface area contributed by atoms with E-state index in [4.69, 9.17) is 9.47 Å². The fraction of sp³-hybridized carbons (Fsp3) is 0.533. The number of amides is 1. The number of hydrogen-bond acceptors (Lipinski definition) is 4. The van der Waals surface area contributed by atoms with E-state index in [1.165, 1.54) is 6.92 Å². The van der Waals surface area contributed by atoms with Gasteiger partial charge < -0.3 is 19.9 Å². The third-order valence-corrected chi connectivity index (χ3v) is 3.30. The lowest BCUT2D eigenvalue weighted by Crippen LogP contribution is -2.31. The van der Waals surface area contributed by atoms with Crippen molar-refractivity contribution in [2.75, 3.05) is 19.8 Å². The molecule has 1 heterocycles. The van der Waals surface area contributed by atoms with Crippen LogP contribution < -0.4 is 5.32 Å². The van der Waals surface area contributed by atoms with Crippen molar-refractivity contribution < 1.29 is 19.4 Å². The van der Waals surface area contributed by atoms with Gasteiger partial charge in [-0.2, -0.15) is 0 Å². The van der Waals surface area contributed by atoms with E-state index in [0.29, 0.717) is 19.8 Å². The summed E-state index contributed by atoms with van der Waals surface area (Å²) in [6.45, 7) is 3.34. The van der Waals surface area contributed by atoms with Crippen molar-refractivity contribution in [2.45, 2.75) is 32.0 Å². The van der Waals surface area contributed by atoms with Crippen LogP contribution in [0.4, 0.5) is 0 Å². The highest BCUT2D eigenvalue weighted by Crippen LogP contribution is 2.25. The Kier molecular flexibility index (Phi) is 5.38. The van der Waals surface area contributed by atoms with Crippen LogP contribution in [0.25, 0.3) is 0 Å². The molecule has 5 nitrogen and oxygen atoms in total. The van der Waals surface area contributed by atoms with E-state index >= 15 is 0 Å². The number of nitrogens with one attached hydrogen (secondary N) is 1. The average Bonchev–Trinajstić information content (AvgIpc) is 2.44. The summed E-state index contributed by atoms with van der Waals surface area (Å²) in [6.07, 6.45) is 1.41. The summed E-state index contributed by atoms with van der Waals surface area (Å²) in [5, 5.41) is 12.2. The van der Waals surface area contributed by atoms with Crippen LogP contribution in [0.3, 0.4) is 0 Å². The number of phenolic OH excluding ortho intramolecular Hbond substituents is 1. The van der Waals surface area contributed by atoms with Gasteiger partial charge in [0.1, 0.15) is 5.75 Å². The molecule has 0 saturated carbocycles. The van der Waals surface area contributed by atoms with Crippen molar-refractivity contribution in [1.82, 2.24) is 5.32 Å². The molecule has 0 aliphatic carbocycles. The van der Waals surface area contributed by atoms with Gasteiger partial charge in [-0.1, -0.05) is 12.1 Å². The molecule has 1 aromatic carbocycles. The molecule has 0 aromatic heterocycles. The molecule has 2 N–H and O–H groups in total. The van der Waals surface area contributed by atoms with Crippen molar-refractivity contribution >= 4 is 5.91 Å². The van der Waals surface area contributed by atoms with Crippen molar-refractivity contribution in [3.63, 3.8) is 0 Å². The predicted octanol–water partition coefficient (Wildman–Crippen LogP) is 1.76. The lowest BCUT2D eigenvalue weighted by molar-refractivity contribution is -0.190. The first-order chi connectivity index (χ1) is 9.65. The first-order valence-electron chi connectivity index (χ1n) is 6.91. The standard InChI is InChI=1S/C15H21NO4/c1-11(17)16-7-3-6-15-19-9-13(10-20-15)12-4-2-5-14(18)8-12/h2,4-5,8,13,15,18H,3,6-7,9-10H2,1H3,(H,16,17). The number of aromatic hydroxyl groups is 1. The van der Waals surface area contributed by atoms with Gasteiger partial charge in [-0.25, -0.2) is 0 Å². The maximum atomic E-state index is 10.7. The zero-order valence-electron chi connectivity index (χ0n) is 11.7. The second-order valence-electron chi connectivity index (χ2n) is 5.01. The number of rotatable bonds is 5. The number of carbonyl (C=O) groups excluding carboxylic acids is 1. The molecule has 1 aromatic rings. The third-order valence-electron chi connectivity index (χ3n) is 3.30. The molecule has 1 fully saturated rings. The van der Waals surface area contributed by atoms with Crippen molar-refractivity contribution in [1.29, 1.82) is 0 Å². The highest BCUT2D eigenvalue weighted by molar-refractivity contribution is 5.72. The van der Waals surface area contributed by atoms with Crippen LogP contribution in [0.5, 0.6) is 5.75 Å². The fourth-order valence-corrected chi connectivity index (χ4v) is 2.21. The molecule has 2 rings (SSSR count). The molecular formula is C15H21NO4. The molecule has 0 atom stereocenters. The molecule has 110 valence electrons. The minimum atomic E-state index is -0.197. The molecule has 1 saturated heterocycles. The van der Waals surface area contributed by atoms with E-state index in [0.717, 1.165) is 18.4 Å². The molecule has 0 bridgehead atoms. The summed E-state index contributed by atoms with van der Waals surface area (Å²) < 4.78 is 11.4. The lowest BCUT2D eigenvalue weighted by atomic mass is 10.00. The number of phenols is 1. The molecular weight excluding hydrogens is 258 g/mol. The van der Waals surface area contributed by atoms with Crippen LogP contribution in [0.1, 0.15) is 31.2 Å². The van der Waals surface area contributed by atoms with E-state index in [1.54, 1.807) is 12.1 Å². The number of carbonyl (C=O) groups is 1. The topological polar surface area (TPSA) is 67.8 Å². The number of hydrogen-bond donors (Lipinski definition) is 2. The minimum absolute atomic E-state index is 0.0144. The van der Waals surface area contributed by atoms with E-state index in [9.17, 15) is 9.90 Å². The van der Waals surface area contributed by atoms with Gasteiger partial charge in [0.05, 0.1) is 13.2 Å². The largest absolute Gasteiger partial charge is 0.508 e. The van der Waals surface area contributed by atoms with E-state index in [1.807, 2.05) is 12.1 Å². The highest BCUT2D eigenvalue weighted by Gasteiger charge is 2.23. The van der Waals surface area contributed by atoms with Gasteiger partial charge in [0.2, 0.25) is 5.91 Å². The quantitative estimate of drug-likeness (QED) is 0.806. The van der Waals surface area contributed by atoms with Gasteiger partial charge in [0.15, 0.2) is 6.29 Å². The van der Waals surface area contributed by atoms with Crippen molar-refractivity contribution in [3.8, 4) is 5.75 Å². The maximum absolute atomic E-state index is 10.7. The molecule has 1 amide bonds. The summed E-state index contributed by atoms with van der Waals surface area (Å²) in [6, 6.07) is 7.19. The molecule has 1 aliphatic heterocycles. The second kappa shape index (κ2) is 7.26. The predicted molar refractivity (Wildman–Crippen MR) is 74.5 cm³/mol. The molecule has 1 aliphatic rings. The normalized spacial score (nSPS) is 22.4. The van der Waals surface area contributed by atoms with Crippen LogP contribution in [-0.2, 0) is 14.3 Å². The smallest absolute Gasteiger partial charge is 0.216 e. The zero-order valence-corrected chi connectivity index (χ0v) is 11.7. The Morgan fingerprint density at radius 1 is 1.40 bits per heavy atom. The van der Waals surface area contributed by atoms with Crippen LogP contribution in [0.15, 0.2) is 24.3 Å². The van der Waals surface area contributed by atoms with Crippen molar-refractivity contribution in [3.05, 3.63) is 29.8 Å². The van der Waals surface area contributed by atoms with Gasteiger partial charge in [0, 0.05) is 25.8 Å². The molecule has 20 heavy (non-hydrogen) atoms. The van der Waals surface area contributed by atoms with Crippen LogP contribution in [0.2, 0.25) is 0 Å².